The van der Waals surface area contributed by atoms with Gasteiger partial charge in [0, 0.05) is 17.8 Å². The highest BCUT2D eigenvalue weighted by atomic mass is 19.1. The standard InChI is InChI=1S/C16H19FN2O/c1-2-7-19-16(14-6-8-18-11-15(14)17)10-12-4-3-5-13(20)9-12/h3-6,8-9,11,16,19-20H,2,7,10H2,1H3. The Morgan fingerprint density at radius 3 is 2.90 bits per heavy atom. The summed E-state index contributed by atoms with van der Waals surface area (Å²) in [6, 6.07) is 8.64. The molecule has 0 amide bonds. The average Bonchev–Trinajstić information content (AvgIpc) is 2.44. The fourth-order valence-corrected chi connectivity index (χ4v) is 2.20. The maximum Gasteiger partial charge on any atom is 0.146 e. The highest BCUT2D eigenvalue weighted by Crippen LogP contribution is 2.22. The Morgan fingerprint density at radius 1 is 1.35 bits per heavy atom. The molecule has 0 radical (unpaired) electrons. The van der Waals surface area contributed by atoms with Crippen LogP contribution in [0.15, 0.2) is 42.7 Å². The highest BCUT2D eigenvalue weighted by Gasteiger charge is 2.15. The van der Waals surface area contributed by atoms with Crippen molar-refractivity contribution in [2.75, 3.05) is 6.54 Å². The zero-order chi connectivity index (χ0) is 14.4. The predicted molar refractivity (Wildman–Crippen MR) is 77.0 cm³/mol. The van der Waals surface area contributed by atoms with Crippen molar-refractivity contribution in [2.45, 2.75) is 25.8 Å². The molecule has 106 valence electrons. The molecule has 0 bridgehead atoms. The lowest BCUT2D eigenvalue weighted by atomic mass is 9.99. The first kappa shape index (κ1) is 14.5. The number of aromatic hydroxyl groups is 1. The second-order valence-corrected chi connectivity index (χ2v) is 4.78. The molecule has 2 rings (SSSR count). The van der Waals surface area contributed by atoms with Crippen LogP contribution in [0.2, 0.25) is 0 Å². The fourth-order valence-electron chi connectivity index (χ4n) is 2.20. The number of hydrogen-bond acceptors (Lipinski definition) is 3. The Hall–Kier alpha value is -1.94. The molecule has 0 spiro atoms. The third-order valence-electron chi connectivity index (χ3n) is 3.17. The number of phenols is 1. The molecule has 2 aromatic rings. The number of benzene rings is 1. The van der Waals surface area contributed by atoms with Gasteiger partial charge in [0.1, 0.15) is 11.6 Å². The molecule has 1 aromatic carbocycles. The quantitative estimate of drug-likeness (QED) is 0.850. The van der Waals surface area contributed by atoms with Gasteiger partial charge in [-0.25, -0.2) is 4.39 Å². The Labute approximate surface area is 118 Å². The summed E-state index contributed by atoms with van der Waals surface area (Å²) < 4.78 is 13.9. The van der Waals surface area contributed by atoms with Gasteiger partial charge in [-0.2, -0.15) is 0 Å². The fraction of sp³-hybridized carbons (Fsp3) is 0.312. The van der Waals surface area contributed by atoms with E-state index in [1.807, 2.05) is 6.07 Å². The average molecular weight is 274 g/mol. The SMILES string of the molecule is CCCNC(Cc1cccc(O)c1)c1ccncc1F. The van der Waals surface area contributed by atoms with Gasteiger partial charge in [-0.05, 0) is 43.1 Å². The van der Waals surface area contributed by atoms with Crippen LogP contribution in [-0.4, -0.2) is 16.6 Å². The van der Waals surface area contributed by atoms with Crippen molar-refractivity contribution in [3.05, 3.63) is 59.7 Å². The maximum absolute atomic E-state index is 13.9. The zero-order valence-electron chi connectivity index (χ0n) is 11.5. The number of nitrogens with zero attached hydrogens (tertiary/aromatic N) is 1. The molecule has 1 atom stereocenters. The summed E-state index contributed by atoms with van der Waals surface area (Å²) in [6.45, 7) is 2.88. The van der Waals surface area contributed by atoms with Crippen LogP contribution >= 0.6 is 0 Å². The normalized spacial score (nSPS) is 12.3. The van der Waals surface area contributed by atoms with E-state index in [9.17, 15) is 9.50 Å². The molecule has 1 aromatic heterocycles. The Kier molecular flexibility index (Phi) is 5.07. The predicted octanol–water partition coefficient (Wildman–Crippen LogP) is 3.21. The Balaban J connectivity index is 2.22. The van der Waals surface area contributed by atoms with Gasteiger partial charge in [0.2, 0.25) is 0 Å². The van der Waals surface area contributed by atoms with E-state index in [0.717, 1.165) is 18.5 Å². The molecular formula is C16H19FN2O. The monoisotopic (exact) mass is 274 g/mol. The Morgan fingerprint density at radius 2 is 2.20 bits per heavy atom. The first-order valence-electron chi connectivity index (χ1n) is 6.81. The van der Waals surface area contributed by atoms with Gasteiger partial charge in [0.25, 0.3) is 0 Å². The minimum atomic E-state index is -0.304. The third-order valence-corrected chi connectivity index (χ3v) is 3.17. The molecule has 0 saturated heterocycles. The van der Waals surface area contributed by atoms with Crippen LogP contribution in [0.1, 0.15) is 30.5 Å². The molecule has 2 N–H and O–H groups in total. The Bertz CT molecular complexity index is 560. The summed E-state index contributed by atoms with van der Waals surface area (Å²) in [5, 5.41) is 12.9. The molecule has 1 unspecified atom stereocenters. The first-order chi connectivity index (χ1) is 9.70. The summed E-state index contributed by atoms with van der Waals surface area (Å²) in [7, 11) is 0. The molecule has 4 heteroatoms. The van der Waals surface area contributed by atoms with Crippen LogP contribution in [0, 0.1) is 5.82 Å². The largest absolute Gasteiger partial charge is 0.508 e. The van der Waals surface area contributed by atoms with Crippen LogP contribution in [-0.2, 0) is 6.42 Å². The summed E-state index contributed by atoms with van der Waals surface area (Å²) >= 11 is 0. The van der Waals surface area contributed by atoms with Crippen molar-refractivity contribution in [1.29, 1.82) is 0 Å². The number of aromatic nitrogens is 1. The minimum Gasteiger partial charge on any atom is -0.508 e. The van der Waals surface area contributed by atoms with E-state index >= 15 is 0 Å². The van der Waals surface area contributed by atoms with Gasteiger partial charge in [-0.15, -0.1) is 0 Å². The van der Waals surface area contributed by atoms with E-state index in [1.165, 1.54) is 6.20 Å². The van der Waals surface area contributed by atoms with E-state index in [2.05, 4.69) is 17.2 Å². The summed E-state index contributed by atoms with van der Waals surface area (Å²) in [5.74, 6) is -0.0757. The van der Waals surface area contributed by atoms with Gasteiger partial charge >= 0.3 is 0 Å². The summed E-state index contributed by atoms with van der Waals surface area (Å²) in [6.07, 6.45) is 4.43. The van der Waals surface area contributed by atoms with Gasteiger partial charge in [-0.1, -0.05) is 19.1 Å². The topological polar surface area (TPSA) is 45.1 Å². The van der Waals surface area contributed by atoms with Gasteiger partial charge in [-0.3, -0.25) is 4.98 Å². The number of hydrogen-bond donors (Lipinski definition) is 2. The molecule has 20 heavy (non-hydrogen) atoms. The van der Waals surface area contributed by atoms with Crippen molar-refractivity contribution in [1.82, 2.24) is 10.3 Å². The van der Waals surface area contributed by atoms with Crippen LogP contribution in [0.25, 0.3) is 0 Å². The summed E-state index contributed by atoms with van der Waals surface area (Å²) in [4.78, 5) is 3.79. The van der Waals surface area contributed by atoms with Crippen molar-refractivity contribution < 1.29 is 9.50 Å². The van der Waals surface area contributed by atoms with Crippen molar-refractivity contribution in [2.24, 2.45) is 0 Å². The lowest BCUT2D eigenvalue weighted by Crippen LogP contribution is -2.25. The smallest absolute Gasteiger partial charge is 0.146 e. The lowest BCUT2D eigenvalue weighted by molar-refractivity contribution is 0.471. The van der Waals surface area contributed by atoms with E-state index in [4.69, 9.17) is 0 Å². The van der Waals surface area contributed by atoms with Gasteiger partial charge < -0.3 is 10.4 Å². The molecular weight excluding hydrogens is 255 g/mol. The van der Waals surface area contributed by atoms with Crippen LogP contribution in [0.3, 0.4) is 0 Å². The molecule has 0 aliphatic rings. The number of pyridine rings is 1. The number of halogens is 1. The zero-order valence-corrected chi connectivity index (χ0v) is 11.5. The molecule has 0 saturated carbocycles. The third kappa shape index (κ3) is 3.78. The second-order valence-electron chi connectivity index (χ2n) is 4.78. The molecule has 3 nitrogen and oxygen atoms in total. The van der Waals surface area contributed by atoms with Crippen LogP contribution < -0.4 is 5.32 Å². The molecule has 0 fully saturated rings. The second kappa shape index (κ2) is 7.01. The van der Waals surface area contributed by atoms with E-state index in [0.29, 0.717) is 12.0 Å². The number of nitrogens with one attached hydrogen (secondary N) is 1. The number of rotatable bonds is 6. The van der Waals surface area contributed by atoms with E-state index < -0.39 is 0 Å². The van der Waals surface area contributed by atoms with Crippen molar-refractivity contribution >= 4 is 0 Å². The highest BCUT2D eigenvalue weighted by molar-refractivity contribution is 5.29. The molecule has 1 heterocycles. The molecule has 0 aliphatic heterocycles. The molecule has 0 aliphatic carbocycles. The van der Waals surface area contributed by atoms with Crippen molar-refractivity contribution in [3.63, 3.8) is 0 Å². The maximum atomic E-state index is 13.9. The van der Waals surface area contributed by atoms with E-state index in [-0.39, 0.29) is 17.6 Å². The van der Waals surface area contributed by atoms with Gasteiger partial charge in [0.05, 0.1) is 6.20 Å². The lowest BCUT2D eigenvalue weighted by Gasteiger charge is -2.19. The van der Waals surface area contributed by atoms with Crippen LogP contribution in [0.4, 0.5) is 4.39 Å². The van der Waals surface area contributed by atoms with Crippen LogP contribution in [0.5, 0.6) is 5.75 Å². The van der Waals surface area contributed by atoms with E-state index in [1.54, 1.807) is 30.5 Å². The first-order valence-corrected chi connectivity index (χ1v) is 6.81. The number of phenolic OH excluding ortho intramolecular Hbond substituents is 1. The van der Waals surface area contributed by atoms with Crippen molar-refractivity contribution in [3.8, 4) is 5.75 Å². The summed E-state index contributed by atoms with van der Waals surface area (Å²) in [5.41, 5.74) is 1.58. The van der Waals surface area contributed by atoms with Gasteiger partial charge in [0.15, 0.2) is 0 Å². The minimum absolute atomic E-state index is 0.125.